The number of hydrazine groups is 1. The zero-order chi connectivity index (χ0) is 12.3. The Balaban J connectivity index is 3.05. The molecule has 1 amide bonds. The van der Waals surface area contributed by atoms with Crippen molar-refractivity contribution >= 4 is 5.91 Å². The second kappa shape index (κ2) is 4.53. The van der Waals surface area contributed by atoms with Crippen LogP contribution in [0.15, 0.2) is 24.3 Å². The molecule has 4 nitrogen and oxygen atoms in total. The van der Waals surface area contributed by atoms with E-state index in [1.807, 2.05) is 26.8 Å². The summed E-state index contributed by atoms with van der Waals surface area (Å²) in [6.07, 6.45) is 0. The first kappa shape index (κ1) is 12.5. The lowest BCUT2D eigenvalue weighted by Crippen LogP contribution is -2.50. The second-order valence-electron chi connectivity index (χ2n) is 4.55. The minimum absolute atomic E-state index is 0.245. The molecule has 0 aliphatic heterocycles. The van der Waals surface area contributed by atoms with Gasteiger partial charge in [-0.2, -0.15) is 0 Å². The van der Waals surface area contributed by atoms with Crippen molar-refractivity contribution in [1.29, 1.82) is 0 Å². The Kier molecular flexibility index (Phi) is 3.55. The predicted octanol–water partition coefficient (Wildman–Crippen LogP) is 1.81. The zero-order valence-electron chi connectivity index (χ0n) is 10.2. The van der Waals surface area contributed by atoms with Crippen LogP contribution in [0.4, 0.5) is 0 Å². The topological polar surface area (TPSA) is 55.6 Å². The van der Waals surface area contributed by atoms with Crippen molar-refractivity contribution in [2.75, 3.05) is 7.11 Å². The van der Waals surface area contributed by atoms with E-state index in [1.54, 1.807) is 18.2 Å². The maximum Gasteiger partial charge on any atom is 0.272 e. The van der Waals surface area contributed by atoms with Crippen LogP contribution in [-0.4, -0.2) is 23.6 Å². The van der Waals surface area contributed by atoms with Gasteiger partial charge in [0, 0.05) is 0 Å². The van der Waals surface area contributed by atoms with Crippen molar-refractivity contribution in [1.82, 2.24) is 5.01 Å². The van der Waals surface area contributed by atoms with Crippen LogP contribution in [-0.2, 0) is 0 Å². The SMILES string of the molecule is COc1ccccc1C(=O)N(N)C(C)(C)C. The van der Waals surface area contributed by atoms with E-state index in [4.69, 9.17) is 10.6 Å². The van der Waals surface area contributed by atoms with E-state index in [0.29, 0.717) is 11.3 Å². The van der Waals surface area contributed by atoms with Gasteiger partial charge in [0.15, 0.2) is 0 Å². The second-order valence-corrected chi connectivity index (χ2v) is 4.55. The fourth-order valence-electron chi connectivity index (χ4n) is 1.26. The number of carbonyl (C=O) groups excluding carboxylic acids is 1. The monoisotopic (exact) mass is 222 g/mol. The van der Waals surface area contributed by atoms with Crippen LogP contribution in [0.25, 0.3) is 0 Å². The molecule has 1 aromatic carbocycles. The molecule has 0 radical (unpaired) electrons. The number of hydrogen-bond acceptors (Lipinski definition) is 3. The zero-order valence-corrected chi connectivity index (χ0v) is 10.2. The van der Waals surface area contributed by atoms with Crippen LogP contribution in [0, 0.1) is 0 Å². The summed E-state index contributed by atoms with van der Waals surface area (Å²) in [5.74, 6) is 6.07. The number of benzene rings is 1. The van der Waals surface area contributed by atoms with Crippen molar-refractivity contribution in [2.24, 2.45) is 5.84 Å². The van der Waals surface area contributed by atoms with Gasteiger partial charge >= 0.3 is 0 Å². The molecule has 0 fully saturated rings. The summed E-state index contributed by atoms with van der Waals surface area (Å²) >= 11 is 0. The number of para-hydroxylation sites is 1. The van der Waals surface area contributed by atoms with E-state index in [9.17, 15) is 4.79 Å². The number of nitrogens with zero attached hydrogens (tertiary/aromatic N) is 1. The van der Waals surface area contributed by atoms with Crippen LogP contribution in [0.3, 0.4) is 0 Å². The van der Waals surface area contributed by atoms with Crippen molar-refractivity contribution in [3.8, 4) is 5.75 Å². The Morgan fingerprint density at radius 3 is 2.38 bits per heavy atom. The van der Waals surface area contributed by atoms with E-state index in [-0.39, 0.29) is 5.91 Å². The van der Waals surface area contributed by atoms with E-state index >= 15 is 0 Å². The Labute approximate surface area is 96.0 Å². The summed E-state index contributed by atoms with van der Waals surface area (Å²) in [5, 5.41) is 1.21. The third kappa shape index (κ3) is 2.52. The molecule has 0 atom stereocenters. The molecule has 2 N–H and O–H groups in total. The quantitative estimate of drug-likeness (QED) is 0.471. The van der Waals surface area contributed by atoms with Gasteiger partial charge in [-0.15, -0.1) is 0 Å². The molecule has 0 aliphatic carbocycles. The Bertz CT molecular complexity index is 383. The Hall–Kier alpha value is -1.55. The molecule has 0 aromatic heterocycles. The van der Waals surface area contributed by atoms with E-state index in [0.717, 1.165) is 0 Å². The first-order chi connectivity index (χ1) is 7.38. The van der Waals surface area contributed by atoms with Gasteiger partial charge in [-0.3, -0.25) is 9.80 Å². The Morgan fingerprint density at radius 1 is 1.31 bits per heavy atom. The Morgan fingerprint density at radius 2 is 1.88 bits per heavy atom. The molecule has 0 bridgehead atoms. The molecule has 88 valence electrons. The number of hydrogen-bond donors (Lipinski definition) is 1. The summed E-state index contributed by atoms with van der Waals surface area (Å²) in [6.45, 7) is 5.63. The average molecular weight is 222 g/mol. The van der Waals surface area contributed by atoms with Crippen LogP contribution in [0.1, 0.15) is 31.1 Å². The highest BCUT2D eigenvalue weighted by Gasteiger charge is 2.26. The summed E-state index contributed by atoms with van der Waals surface area (Å²) < 4.78 is 5.13. The fraction of sp³-hybridized carbons (Fsp3) is 0.417. The largest absolute Gasteiger partial charge is 0.496 e. The van der Waals surface area contributed by atoms with Crippen molar-refractivity contribution in [3.63, 3.8) is 0 Å². The normalized spacial score (nSPS) is 11.1. The van der Waals surface area contributed by atoms with Gasteiger partial charge in [-0.1, -0.05) is 12.1 Å². The van der Waals surface area contributed by atoms with Gasteiger partial charge in [0.1, 0.15) is 5.75 Å². The number of carbonyl (C=O) groups is 1. The summed E-state index contributed by atoms with van der Waals surface area (Å²) in [5.41, 5.74) is 0.0558. The van der Waals surface area contributed by atoms with Crippen molar-refractivity contribution in [2.45, 2.75) is 26.3 Å². The lowest BCUT2D eigenvalue weighted by Gasteiger charge is -2.31. The maximum atomic E-state index is 12.1. The predicted molar refractivity (Wildman–Crippen MR) is 63.1 cm³/mol. The molecule has 1 aromatic rings. The molecule has 0 saturated carbocycles. The summed E-state index contributed by atoms with van der Waals surface area (Å²) in [7, 11) is 1.53. The number of methoxy groups -OCH3 is 1. The van der Waals surface area contributed by atoms with Gasteiger partial charge in [-0.05, 0) is 32.9 Å². The maximum absolute atomic E-state index is 12.1. The lowest BCUT2D eigenvalue weighted by atomic mass is 10.1. The van der Waals surface area contributed by atoms with E-state index in [2.05, 4.69) is 0 Å². The summed E-state index contributed by atoms with van der Waals surface area (Å²) in [6, 6.07) is 7.04. The molecule has 0 spiro atoms. The molecule has 0 heterocycles. The highest BCUT2D eigenvalue weighted by atomic mass is 16.5. The number of rotatable bonds is 2. The molecule has 4 heteroatoms. The van der Waals surface area contributed by atoms with Crippen LogP contribution in [0.2, 0.25) is 0 Å². The van der Waals surface area contributed by atoms with Crippen molar-refractivity contribution in [3.05, 3.63) is 29.8 Å². The molecule has 0 unspecified atom stereocenters. The minimum atomic E-state index is -0.419. The minimum Gasteiger partial charge on any atom is -0.496 e. The van der Waals surface area contributed by atoms with E-state index in [1.165, 1.54) is 12.1 Å². The molecule has 1 rings (SSSR count). The molecule has 0 aliphatic rings. The number of nitrogens with two attached hydrogens (primary N) is 1. The number of ether oxygens (including phenoxy) is 1. The molecule has 0 saturated heterocycles. The standard InChI is InChI=1S/C12H18N2O2/c1-12(2,3)14(13)11(15)9-7-5-6-8-10(9)16-4/h5-8H,13H2,1-4H3. The van der Waals surface area contributed by atoms with Gasteiger partial charge in [-0.25, -0.2) is 5.84 Å². The third-order valence-corrected chi connectivity index (χ3v) is 2.28. The lowest BCUT2D eigenvalue weighted by molar-refractivity contribution is 0.0578. The fourth-order valence-corrected chi connectivity index (χ4v) is 1.26. The van der Waals surface area contributed by atoms with Crippen LogP contribution in [0.5, 0.6) is 5.75 Å². The highest BCUT2D eigenvalue weighted by molar-refractivity contribution is 5.96. The van der Waals surface area contributed by atoms with Crippen molar-refractivity contribution < 1.29 is 9.53 Å². The van der Waals surface area contributed by atoms with Gasteiger partial charge in [0.2, 0.25) is 0 Å². The summed E-state index contributed by atoms with van der Waals surface area (Å²) in [4.78, 5) is 12.1. The smallest absolute Gasteiger partial charge is 0.272 e. The van der Waals surface area contributed by atoms with Crippen LogP contribution >= 0.6 is 0 Å². The first-order valence-corrected chi connectivity index (χ1v) is 5.10. The molecule has 16 heavy (non-hydrogen) atoms. The molecular weight excluding hydrogens is 204 g/mol. The molecular formula is C12H18N2O2. The van der Waals surface area contributed by atoms with Crippen LogP contribution < -0.4 is 10.6 Å². The first-order valence-electron chi connectivity index (χ1n) is 5.10. The van der Waals surface area contributed by atoms with Gasteiger partial charge < -0.3 is 4.74 Å². The van der Waals surface area contributed by atoms with Gasteiger partial charge in [0.05, 0.1) is 18.2 Å². The number of amides is 1. The van der Waals surface area contributed by atoms with E-state index < -0.39 is 5.54 Å². The highest BCUT2D eigenvalue weighted by Crippen LogP contribution is 2.21. The third-order valence-electron chi connectivity index (χ3n) is 2.28. The van der Waals surface area contributed by atoms with Gasteiger partial charge in [0.25, 0.3) is 5.91 Å². The average Bonchev–Trinajstić information content (AvgIpc) is 2.25.